The molecule has 4 aromatic rings. The molecule has 43 heavy (non-hydrogen) atoms. The van der Waals surface area contributed by atoms with Crippen LogP contribution in [-0.4, -0.2) is 50.6 Å². The van der Waals surface area contributed by atoms with Crippen LogP contribution in [-0.2, 0) is 24.8 Å². The third-order valence-electron chi connectivity index (χ3n) is 6.34. The Labute approximate surface area is 251 Å². The van der Waals surface area contributed by atoms with Gasteiger partial charge in [-0.2, -0.15) is 0 Å². The van der Waals surface area contributed by atoms with E-state index in [1.54, 1.807) is 42.5 Å². The number of anilines is 3. The van der Waals surface area contributed by atoms with E-state index >= 15 is 0 Å². The van der Waals surface area contributed by atoms with Gasteiger partial charge in [-0.05, 0) is 79.7 Å². The second-order valence-electron chi connectivity index (χ2n) is 9.27. The molecule has 0 aromatic heterocycles. The van der Waals surface area contributed by atoms with Gasteiger partial charge in [0.1, 0.15) is 23.8 Å². The summed E-state index contributed by atoms with van der Waals surface area (Å²) in [7, 11) is -3.77. The molecule has 0 saturated carbocycles. The van der Waals surface area contributed by atoms with Crippen LogP contribution >= 0.6 is 0 Å². The first kappa shape index (κ1) is 31.2. The Bertz CT molecular complexity index is 1790. The summed E-state index contributed by atoms with van der Waals surface area (Å²) in [6.45, 7) is 1.23. The van der Waals surface area contributed by atoms with E-state index < -0.39 is 32.5 Å². The summed E-state index contributed by atoms with van der Waals surface area (Å²) in [5.41, 5.74) is 1.62. The van der Waals surface area contributed by atoms with Crippen molar-refractivity contribution >= 4 is 43.0 Å². The van der Waals surface area contributed by atoms with Gasteiger partial charge in [-0.3, -0.25) is 13.8 Å². The number of rotatable bonds is 12. The normalized spacial score (nSPS) is 11.3. The van der Waals surface area contributed by atoms with E-state index in [-0.39, 0.29) is 26.9 Å². The maximum Gasteiger partial charge on any atom is 0.264 e. The van der Waals surface area contributed by atoms with Crippen LogP contribution in [0.5, 0.6) is 17.2 Å². The van der Waals surface area contributed by atoms with Crippen LogP contribution in [0.15, 0.2) is 101 Å². The summed E-state index contributed by atoms with van der Waals surface area (Å²) in [6.07, 6.45) is 0. The lowest BCUT2D eigenvalue weighted by Crippen LogP contribution is -2.38. The number of carbonyl (C=O) groups is 1. The Morgan fingerprint density at radius 1 is 0.698 bits per heavy atom. The van der Waals surface area contributed by atoms with E-state index in [2.05, 4.69) is 10.0 Å². The fraction of sp³-hybridized carbons (Fsp3) is 0.167. The quantitative estimate of drug-likeness (QED) is 0.232. The molecule has 0 bridgehead atoms. The Morgan fingerprint density at radius 2 is 1.26 bits per heavy atom. The van der Waals surface area contributed by atoms with Gasteiger partial charge in [-0.1, -0.05) is 17.7 Å². The standard InChI is InChI=1S/C30H31N3O8S2/c1-21-5-14-27(15-6-21)43(37,38)33(28-18-13-25(40-3)19-29(28)41-4)20-30(34)31-22-9-16-26(17-10-22)42(35,36)32-23-7-11-24(39-2)12-8-23/h5-19,32H,20H2,1-4H3,(H,31,34). The molecule has 0 aliphatic heterocycles. The van der Waals surface area contributed by atoms with Crippen molar-refractivity contribution in [2.45, 2.75) is 16.7 Å². The number of amides is 1. The highest BCUT2D eigenvalue weighted by Gasteiger charge is 2.30. The van der Waals surface area contributed by atoms with Gasteiger partial charge in [0.05, 0.1) is 36.8 Å². The minimum atomic E-state index is -4.21. The number of hydrogen-bond donors (Lipinski definition) is 2. The van der Waals surface area contributed by atoms with Crippen molar-refractivity contribution in [3.05, 3.63) is 96.6 Å². The highest BCUT2D eigenvalue weighted by molar-refractivity contribution is 7.93. The van der Waals surface area contributed by atoms with Crippen LogP contribution in [0.1, 0.15) is 5.56 Å². The predicted molar refractivity (Wildman–Crippen MR) is 164 cm³/mol. The van der Waals surface area contributed by atoms with E-state index in [9.17, 15) is 21.6 Å². The predicted octanol–water partition coefficient (Wildman–Crippen LogP) is 4.66. The molecule has 0 saturated heterocycles. The highest BCUT2D eigenvalue weighted by atomic mass is 32.2. The second kappa shape index (κ2) is 13.0. The largest absolute Gasteiger partial charge is 0.497 e. The van der Waals surface area contributed by atoms with Gasteiger partial charge in [-0.25, -0.2) is 16.8 Å². The van der Waals surface area contributed by atoms with Gasteiger partial charge in [-0.15, -0.1) is 0 Å². The zero-order valence-corrected chi connectivity index (χ0v) is 25.5. The van der Waals surface area contributed by atoms with Crippen LogP contribution in [0, 0.1) is 6.92 Å². The maximum absolute atomic E-state index is 13.8. The van der Waals surface area contributed by atoms with Crippen molar-refractivity contribution in [1.29, 1.82) is 0 Å². The number of benzene rings is 4. The third-order valence-corrected chi connectivity index (χ3v) is 9.51. The SMILES string of the molecule is COc1ccc(NS(=O)(=O)c2ccc(NC(=O)CN(c3ccc(OC)cc3OC)S(=O)(=O)c3ccc(C)cc3)cc2)cc1. The number of sulfonamides is 2. The van der Waals surface area contributed by atoms with Crippen molar-refractivity contribution in [1.82, 2.24) is 0 Å². The van der Waals surface area contributed by atoms with Crippen LogP contribution in [0.25, 0.3) is 0 Å². The average molecular weight is 626 g/mol. The lowest BCUT2D eigenvalue weighted by molar-refractivity contribution is -0.114. The molecular weight excluding hydrogens is 594 g/mol. The molecule has 0 aliphatic carbocycles. The van der Waals surface area contributed by atoms with E-state index in [0.717, 1.165) is 9.87 Å². The molecule has 11 nitrogen and oxygen atoms in total. The first-order valence-corrected chi connectivity index (χ1v) is 15.8. The van der Waals surface area contributed by atoms with Crippen LogP contribution in [0.2, 0.25) is 0 Å². The van der Waals surface area contributed by atoms with Crippen molar-refractivity contribution in [2.75, 3.05) is 42.2 Å². The van der Waals surface area contributed by atoms with E-state index in [1.807, 2.05) is 6.92 Å². The Kier molecular flexibility index (Phi) is 9.46. The molecule has 0 unspecified atom stereocenters. The molecule has 0 radical (unpaired) electrons. The summed E-state index contributed by atoms with van der Waals surface area (Å²) >= 11 is 0. The number of carbonyl (C=O) groups excluding carboxylic acids is 1. The summed E-state index contributed by atoms with van der Waals surface area (Å²) in [6, 6.07) is 22.7. The van der Waals surface area contributed by atoms with Crippen molar-refractivity contribution in [3.63, 3.8) is 0 Å². The summed E-state index contributed by atoms with van der Waals surface area (Å²) in [5, 5.41) is 2.64. The molecule has 0 atom stereocenters. The monoisotopic (exact) mass is 625 g/mol. The fourth-order valence-corrected chi connectivity index (χ4v) is 6.54. The first-order valence-electron chi connectivity index (χ1n) is 12.8. The van der Waals surface area contributed by atoms with Crippen molar-refractivity contribution in [2.24, 2.45) is 0 Å². The minimum absolute atomic E-state index is 0.0114. The average Bonchev–Trinajstić information content (AvgIpc) is 3.00. The molecule has 13 heteroatoms. The van der Waals surface area contributed by atoms with E-state index in [0.29, 0.717) is 17.2 Å². The molecule has 4 aromatic carbocycles. The molecule has 4 rings (SSSR count). The number of nitrogens with zero attached hydrogens (tertiary/aromatic N) is 1. The third kappa shape index (κ3) is 7.37. The van der Waals surface area contributed by atoms with Gasteiger partial charge in [0, 0.05) is 17.4 Å². The number of ether oxygens (including phenoxy) is 3. The molecule has 0 fully saturated rings. The highest BCUT2D eigenvalue weighted by Crippen LogP contribution is 2.35. The summed E-state index contributed by atoms with van der Waals surface area (Å²) in [5.74, 6) is 0.537. The van der Waals surface area contributed by atoms with Crippen molar-refractivity contribution < 1.29 is 35.8 Å². The smallest absolute Gasteiger partial charge is 0.264 e. The molecule has 0 aliphatic rings. The van der Waals surface area contributed by atoms with E-state index in [4.69, 9.17) is 14.2 Å². The topological polar surface area (TPSA) is 140 Å². The summed E-state index contributed by atoms with van der Waals surface area (Å²) < 4.78 is 72.4. The molecule has 1 amide bonds. The van der Waals surface area contributed by atoms with Crippen LogP contribution in [0.3, 0.4) is 0 Å². The first-order chi connectivity index (χ1) is 20.5. The number of nitrogens with one attached hydrogen (secondary N) is 2. The maximum atomic E-state index is 13.8. The zero-order chi connectivity index (χ0) is 31.2. The lowest BCUT2D eigenvalue weighted by atomic mass is 10.2. The number of aryl methyl sites for hydroxylation is 1. The van der Waals surface area contributed by atoms with Gasteiger partial charge < -0.3 is 19.5 Å². The number of hydrogen-bond acceptors (Lipinski definition) is 8. The molecular formula is C30H31N3O8S2. The molecule has 226 valence electrons. The molecule has 2 N–H and O–H groups in total. The zero-order valence-electron chi connectivity index (χ0n) is 23.9. The van der Waals surface area contributed by atoms with Gasteiger partial charge >= 0.3 is 0 Å². The van der Waals surface area contributed by atoms with Gasteiger partial charge in [0.2, 0.25) is 5.91 Å². The van der Waals surface area contributed by atoms with E-state index in [1.165, 1.54) is 69.9 Å². The molecule has 0 spiro atoms. The Balaban J connectivity index is 1.57. The Morgan fingerprint density at radius 3 is 1.84 bits per heavy atom. The molecule has 0 heterocycles. The van der Waals surface area contributed by atoms with Crippen molar-refractivity contribution in [3.8, 4) is 17.2 Å². The van der Waals surface area contributed by atoms with Gasteiger partial charge in [0.15, 0.2) is 0 Å². The van der Waals surface area contributed by atoms with Gasteiger partial charge in [0.25, 0.3) is 20.0 Å². The fourth-order valence-electron chi connectivity index (χ4n) is 4.05. The Hall–Kier alpha value is -4.75. The number of methoxy groups -OCH3 is 3. The lowest BCUT2D eigenvalue weighted by Gasteiger charge is -2.26. The summed E-state index contributed by atoms with van der Waals surface area (Å²) in [4.78, 5) is 13.2. The minimum Gasteiger partial charge on any atom is -0.497 e. The van der Waals surface area contributed by atoms with Crippen LogP contribution < -0.4 is 28.6 Å². The van der Waals surface area contributed by atoms with Crippen LogP contribution in [0.4, 0.5) is 17.1 Å². The second-order valence-corrected chi connectivity index (χ2v) is 12.8.